The maximum Gasteiger partial charge on any atom is 0.279 e. The zero-order valence-electron chi connectivity index (χ0n) is 7.78. The zero-order chi connectivity index (χ0) is 11.0. The molecule has 1 atom stereocenters. The van der Waals surface area contributed by atoms with Gasteiger partial charge in [-0.25, -0.2) is 0 Å². The predicted molar refractivity (Wildman–Crippen MR) is 63.4 cm³/mol. The Bertz CT molecular complexity index is 459. The summed E-state index contributed by atoms with van der Waals surface area (Å²) in [6, 6.07) is 5.40. The third-order valence-corrected chi connectivity index (χ3v) is 3.03. The molecule has 78 valence electrons. The standard InChI is InChI=1S/C9H7BrN2O2S/c1-15(14)12-8-7-5(10)3-2-4-6(7)11-9(8)13/h2-4H,1H3,(H,11,12,13)/t15-/m0/s1. The number of carbonyl (C=O) groups is 1. The normalized spacial score (nSPS) is 18.9. The van der Waals surface area contributed by atoms with Crippen LogP contribution in [0.15, 0.2) is 27.1 Å². The first-order chi connectivity index (χ1) is 7.09. The number of amides is 1. The highest BCUT2D eigenvalue weighted by Gasteiger charge is 2.30. The molecule has 0 bridgehead atoms. The molecule has 6 heteroatoms. The van der Waals surface area contributed by atoms with Crippen LogP contribution < -0.4 is 5.32 Å². The Morgan fingerprint density at radius 3 is 2.93 bits per heavy atom. The van der Waals surface area contributed by atoms with E-state index in [1.807, 2.05) is 12.1 Å². The number of fused-ring (bicyclic) bond motifs is 1. The third-order valence-electron chi connectivity index (χ3n) is 1.93. The average Bonchev–Trinajstić information content (AvgIpc) is 2.43. The number of hydrogen-bond donors (Lipinski definition) is 1. The fourth-order valence-corrected chi connectivity index (χ4v) is 2.36. The van der Waals surface area contributed by atoms with Gasteiger partial charge in [-0.3, -0.25) is 4.79 Å². The molecule has 0 spiro atoms. The second-order valence-electron chi connectivity index (χ2n) is 2.98. The van der Waals surface area contributed by atoms with Gasteiger partial charge in [0.05, 0.1) is 17.0 Å². The maximum atomic E-state index is 11.5. The van der Waals surface area contributed by atoms with Crippen molar-refractivity contribution in [1.29, 1.82) is 0 Å². The highest BCUT2D eigenvalue weighted by Crippen LogP contribution is 2.30. The smallest absolute Gasteiger partial charge is 0.279 e. The second kappa shape index (κ2) is 3.96. The van der Waals surface area contributed by atoms with E-state index in [1.165, 1.54) is 6.26 Å². The van der Waals surface area contributed by atoms with Crippen molar-refractivity contribution in [2.24, 2.45) is 4.40 Å². The molecule has 0 aromatic heterocycles. The molecule has 1 aliphatic rings. The van der Waals surface area contributed by atoms with Crippen LogP contribution in [-0.4, -0.2) is 22.4 Å². The van der Waals surface area contributed by atoms with Crippen LogP contribution in [0.1, 0.15) is 5.56 Å². The Labute approximate surface area is 98.2 Å². The van der Waals surface area contributed by atoms with Crippen LogP contribution >= 0.6 is 15.9 Å². The molecule has 2 rings (SSSR count). The Morgan fingerprint density at radius 1 is 1.53 bits per heavy atom. The molecule has 0 aliphatic carbocycles. The zero-order valence-corrected chi connectivity index (χ0v) is 10.2. The maximum absolute atomic E-state index is 11.5. The van der Waals surface area contributed by atoms with Crippen LogP contribution in [0.5, 0.6) is 0 Å². The van der Waals surface area contributed by atoms with Crippen molar-refractivity contribution in [3.63, 3.8) is 0 Å². The molecule has 15 heavy (non-hydrogen) atoms. The lowest BCUT2D eigenvalue weighted by Gasteiger charge is -2.00. The number of rotatable bonds is 1. The van der Waals surface area contributed by atoms with Crippen molar-refractivity contribution in [2.45, 2.75) is 0 Å². The third kappa shape index (κ3) is 1.92. The predicted octanol–water partition coefficient (Wildman–Crippen LogP) is 1.48. The minimum absolute atomic E-state index is 0.221. The number of anilines is 1. The van der Waals surface area contributed by atoms with E-state index >= 15 is 0 Å². The molecule has 0 radical (unpaired) electrons. The van der Waals surface area contributed by atoms with Gasteiger partial charge in [0.1, 0.15) is 6.26 Å². The largest absolute Gasteiger partial charge is 0.591 e. The fourth-order valence-electron chi connectivity index (χ4n) is 1.38. The molecule has 0 saturated carbocycles. The minimum Gasteiger partial charge on any atom is -0.591 e. The van der Waals surface area contributed by atoms with E-state index in [2.05, 4.69) is 25.6 Å². The summed E-state index contributed by atoms with van der Waals surface area (Å²) in [7, 11) is 0. The summed E-state index contributed by atoms with van der Waals surface area (Å²) in [4.78, 5) is 11.5. The highest BCUT2D eigenvalue weighted by atomic mass is 79.9. The molecule has 0 unspecified atom stereocenters. The summed E-state index contributed by atoms with van der Waals surface area (Å²) >= 11 is 1.95. The summed E-state index contributed by atoms with van der Waals surface area (Å²) in [5, 5.41) is 2.66. The van der Waals surface area contributed by atoms with Gasteiger partial charge in [-0.2, -0.15) is 0 Å². The number of carbonyl (C=O) groups excluding carboxylic acids is 1. The lowest BCUT2D eigenvalue weighted by atomic mass is 10.1. The van der Waals surface area contributed by atoms with Crippen molar-refractivity contribution in [3.8, 4) is 0 Å². The lowest BCUT2D eigenvalue weighted by Crippen LogP contribution is -2.16. The van der Waals surface area contributed by atoms with Crippen LogP contribution in [0.2, 0.25) is 0 Å². The average molecular weight is 287 g/mol. The molecular weight excluding hydrogens is 280 g/mol. The first kappa shape index (κ1) is 10.7. The first-order valence-electron chi connectivity index (χ1n) is 4.12. The van der Waals surface area contributed by atoms with Gasteiger partial charge in [-0.15, -0.1) is 0 Å². The summed E-state index contributed by atoms with van der Waals surface area (Å²) in [6.45, 7) is 0. The summed E-state index contributed by atoms with van der Waals surface area (Å²) in [5.41, 5.74) is 1.59. The van der Waals surface area contributed by atoms with Gasteiger partial charge in [0, 0.05) is 10.0 Å². The Kier molecular flexibility index (Phi) is 2.81. The molecule has 0 fully saturated rings. The molecule has 4 nitrogen and oxygen atoms in total. The highest BCUT2D eigenvalue weighted by molar-refractivity contribution is 9.10. The molecule has 1 N–H and O–H groups in total. The summed E-state index contributed by atoms with van der Waals surface area (Å²) < 4.78 is 15.6. The van der Waals surface area contributed by atoms with Crippen LogP contribution in [0.3, 0.4) is 0 Å². The van der Waals surface area contributed by atoms with Crippen LogP contribution in [0.4, 0.5) is 5.69 Å². The van der Waals surface area contributed by atoms with Crippen molar-refractivity contribution in [1.82, 2.24) is 0 Å². The summed E-state index contributed by atoms with van der Waals surface area (Å²) in [5.74, 6) is -0.313. The van der Waals surface area contributed by atoms with E-state index in [9.17, 15) is 9.35 Å². The van der Waals surface area contributed by atoms with Crippen molar-refractivity contribution in [2.75, 3.05) is 11.6 Å². The Morgan fingerprint density at radius 2 is 2.27 bits per heavy atom. The topological polar surface area (TPSA) is 64.5 Å². The van der Waals surface area contributed by atoms with Gasteiger partial charge in [0.2, 0.25) is 0 Å². The number of nitrogens with zero attached hydrogens (tertiary/aromatic N) is 1. The minimum atomic E-state index is -1.39. The van der Waals surface area contributed by atoms with E-state index in [0.717, 1.165) is 4.47 Å². The first-order valence-corrected chi connectivity index (χ1v) is 6.43. The molecule has 1 aromatic rings. The van der Waals surface area contributed by atoms with E-state index in [0.29, 0.717) is 11.3 Å². The van der Waals surface area contributed by atoms with Crippen LogP contribution in [0.25, 0.3) is 0 Å². The second-order valence-corrected chi connectivity index (χ2v) is 4.86. The van der Waals surface area contributed by atoms with Gasteiger partial charge in [0.15, 0.2) is 5.71 Å². The molecular formula is C9H7BrN2O2S. The number of benzene rings is 1. The van der Waals surface area contributed by atoms with Crippen molar-refractivity contribution >= 4 is 44.6 Å². The molecule has 1 heterocycles. The Balaban J connectivity index is 2.58. The van der Waals surface area contributed by atoms with Crippen LogP contribution in [-0.2, 0) is 16.2 Å². The molecule has 1 amide bonds. The van der Waals surface area contributed by atoms with Crippen molar-refractivity contribution in [3.05, 3.63) is 28.2 Å². The van der Waals surface area contributed by atoms with E-state index in [1.54, 1.807) is 6.07 Å². The number of halogens is 1. The molecule has 1 aliphatic heterocycles. The lowest BCUT2D eigenvalue weighted by molar-refractivity contribution is -0.110. The van der Waals surface area contributed by atoms with Gasteiger partial charge in [-0.1, -0.05) is 26.4 Å². The quantitative estimate of drug-likeness (QED) is 0.795. The van der Waals surface area contributed by atoms with E-state index in [-0.39, 0.29) is 11.6 Å². The number of hydrogen-bond acceptors (Lipinski definition) is 3. The molecule has 1 aromatic carbocycles. The van der Waals surface area contributed by atoms with Gasteiger partial charge in [0.25, 0.3) is 5.91 Å². The number of nitrogens with one attached hydrogen (secondary N) is 1. The fraction of sp³-hybridized carbons (Fsp3) is 0.111. The van der Waals surface area contributed by atoms with Crippen molar-refractivity contribution < 1.29 is 9.35 Å². The van der Waals surface area contributed by atoms with E-state index in [4.69, 9.17) is 0 Å². The van der Waals surface area contributed by atoms with E-state index < -0.39 is 11.4 Å². The van der Waals surface area contributed by atoms with Crippen LogP contribution in [0, 0.1) is 0 Å². The Hall–Kier alpha value is -0.850. The monoisotopic (exact) mass is 286 g/mol. The van der Waals surface area contributed by atoms with Gasteiger partial charge in [-0.05, 0) is 12.1 Å². The summed E-state index contributed by atoms with van der Waals surface area (Å²) in [6.07, 6.45) is 1.43. The molecule has 0 saturated heterocycles. The SMILES string of the molecule is C[S@+]([O-])/N=C1\C(=O)Nc2cccc(Br)c21. The van der Waals surface area contributed by atoms with Gasteiger partial charge >= 0.3 is 0 Å². The van der Waals surface area contributed by atoms with Gasteiger partial charge < -0.3 is 9.87 Å².